The van der Waals surface area contributed by atoms with E-state index in [4.69, 9.17) is 5.73 Å². The Balaban J connectivity index is 0.00000400. The monoisotopic (exact) mass is 334 g/mol. The second kappa shape index (κ2) is 8.96. The molecule has 2 amide bonds. The average Bonchev–Trinajstić information content (AvgIpc) is 2.83. The van der Waals surface area contributed by atoms with Crippen molar-refractivity contribution < 1.29 is 9.59 Å². The van der Waals surface area contributed by atoms with Crippen LogP contribution in [0.5, 0.6) is 0 Å². The highest BCUT2D eigenvalue weighted by molar-refractivity contribution is 7.13. The van der Waals surface area contributed by atoms with Gasteiger partial charge in [-0.2, -0.15) is 0 Å². The fraction of sp³-hybridized carbons (Fsp3) is 0.615. The van der Waals surface area contributed by atoms with E-state index in [0.29, 0.717) is 11.0 Å². The predicted octanol–water partition coefficient (Wildman–Crippen LogP) is 1.73. The third-order valence-corrected chi connectivity index (χ3v) is 3.58. The van der Waals surface area contributed by atoms with E-state index in [0.717, 1.165) is 5.69 Å². The van der Waals surface area contributed by atoms with Crippen molar-refractivity contribution in [3.63, 3.8) is 0 Å². The molecule has 120 valence electrons. The predicted molar refractivity (Wildman–Crippen MR) is 87.9 cm³/mol. The molecule has 0 fully saturated rings. The van der Waals surface area contributed by atoms with Gasteiger partial charge >= 0.3 is 0 Å². The molecule has 1 aromatic heterocycles. The minimum Gasteiger partial charge on any atom is -0.346 e. The molecule has 0 spiro atoms. The SMILES string of the molecule is CC(C)c1csc(NC(=O)CNC(=O)[C@@H](N)C(C)C)n1.Cl. The van der Waals surface area contributed by atoms with Crippen molar-refractivity contribution in [2.45, 2.75) is 39.7 Å². The summed E-state index contributed by atoms with van der Waals surface area (Å²) in [4.78, 5) is 27.6. The molecule has 21 heavy (non-hydrogen) atoms. The highest BCUT2D eigenvalue weighted by Crippen LogP contribution is 2.21. The molecule has 0 radical (unpaired) electrons. The van der Waals surface area contributed by atoms with E-state index >= 15 is 0 Å². The van der Waals surface area contributed by atoms with Crippen molar-refractivity contribution in [3.05, 3.63) is 11.1 Å². The molecule has 0 saturated heterocycles. The van der Waals surface area contributed by atoms with E-state index in [-0.39, 0.29) is 36.7 Å². The number of halogens is 1. The van der Waals surface area contributed by atoms with Gasteiger partial charge in [0.25, 0.3) is 0 Å². The molecule has 0 aromatic carbocycles. The highest BCUT2D eigenvalue weighted by atomic mass is 35.5. The Morgan fingerprint density at radius 3 is 2.43 bits per heavy atom. The summed E-state index contributed by atoms with van der Waals surface area (Å²) in [5, 5.41) is 7.62. The van der Waals surface area contributed by atoms with Crippen LogP contribution in [0.25, 0.3) is 0 Å². The van der Waals surface area contributed by atoms with Crippen LogP contribution in [0.2, 0.25) is 0 Å². The van der Waals surface area contributed by atoms with Gasteiger partial charge in [0, 0.05) is 5.38 Å². The van der Waals surface area contributed by atoms with Crippen LogP contribution >= 0.6 is 23.7 Å². The molecule has 0 aliphatic heterocycles. The van der Waals surface area contributed by atoms with Gasteiger partial charge in [-0.15, -0.1) is 23.7 Å². The Kier molecular flexibility index (Phi) is 8.46. The zero-order valence-electron chi connectivity index (χ0n) is 12.7. The smallest absolute Gasteiger partial charge is 0.245 e. The van der Waals surface area contributed by atoms with Crippen molar-refractivity contribution in [3.8, 4) is 0 Å². The Bertz CT molecular complexity index is 476. The van der Waals surface area contributed by atoms with E-state index in [1.807, 2.05) is 33.1 Å². The molecule has 1 atom stereocenters. The maximum atomic E-state index is 11.7. The van der Waals surface area contributed by atoms with Crippen LogP contribution < -0.4 is 16.4 Å². The number of thiazole rings is 1. The maximum absolute atomic E-state index is 11.7. The summed E-state index contributed by atoms with van der Waals surface area (Å²) < 4.78 is 0. The number of nitrogens with one attached hydrogen (secondary N) is 2. The number of rotatable bonds is 6. The fourth-order valence-corrected chi connectivity index (χ4v) is 2.25. The van der Waals surface area contributed by atoms with Gasteiger partial charge in [-0.1, -0.05) is 27.7 Å². The van der Waals surface area contributed by atoms with Gasteiger partial charge < -0.3 is 16.4 Å². The molecule has 0 bridgehead atoms. The minimum absolute atomic E-state index is 0. The summed E-state index contributed by atoms with van der Waals surface area (Å²) in [5.41, 5.74) is 6.62. The highest BCUT2D eigenvalue weighted by Gasteiger charge is 2.17. The van der Waals surface area contributed by atoms with Crippen LogP contribution in [-0.2, 0) is 9.59 Å². The Hall–Kier alpha value is -1.18. The third kappa shape index (κ3) is 6.41. The minimum atomic E-state index is -0.602. The molecule has 1 aromatic rings. The number of aromatic nitrogens is 1. The van der Waals surface area contributed by atoms with Crippen LogP contribution in [0, 0.1) is 5.92 Å². The topological polar surface area (TPSA) is 97.1 Å². The number of carbonyl (C=O) groups is 2. The number of nitrogens with two attached hydrogens (primary N) is 1. The van der Waals surface area contributed by atoms with E-state index in [2.05, 4.69) is 15.6 Å². The first-order valence-corrected chi connectivity index (χ1v) is 7.47. The summed E-state index contributed by atoms with van der Waals surface area (Å²) in [6, 6.07) is -0.602. The van der Waals surface area contributed by atoms with Gasteiger partial charge in [0.1, 0.15) is 0 Å². The van der Waals surface area contributed by atoms with Crippen molar-refractivity contribution in [1.82, 2.24) is 10.3 Å². The van der Waals surface area contributed by atoms with Gasteiger partial charge in [0.05, 0.1) is 18.3 Å². The van der Waals surface area contributed by atoms with Gasteiger partial charge in [0.2, 0.25) is 11.8 Å². The van der Waals surface area contributed by atoms with Gasteiger partial charge in [0.15, 0.2) is 5.13 Å². The van der Waals surface area contributed by atoms with Crippen molar-refractivity contribution >= 4 is 40.7 Å². The number of amides is 2. The van der Waals surface area contributed by atoms with Crippen molar-refractivity contribution in [1.29, 1.82) is 0 Å². The largest absolute Gasteiger partial charge is 0.346 e. The lowest BCUT2D eigenvalue weighted by Crippen LogP contribution is -2.46. The average molecular weight is 335 g/mol. The molecule has 0 aliphatic rings. The first-order valence-electron chi connectivity index (χ1n) is 6.59. The van der Waals surface area contributed by atoms with Crippen LogP contribution in [-0.4, -0.2) is 29.4 Å². The number of hydrogen-bond acceptors (Lipinski definition) is 5. The lowest BCUT2D eigenvalue weighted by Gasteiger charge is -2.14. The molecule has 6 nitrogen and oxygen atoms in total. The summed E-state index contributed by atoms with van der Waals surface area (Å²) in [6.45, 7) is 7.68. The molecule has 0 saturated carbocycles. The van der Waals surface area contributed by atoms with E-state index < -0.39 is 6.04 Å². The molecular weight excluding hydrogens is 312 g/mol. The molecule has 4 N–H and O–H groups in total. The first kappa shape index (κ1) is 19.8. The fourth-order valence-electron chi connectivity index (χ4n) is 1.36. The molecule has 0 unspecified atom stereocenters. The maximum Gasteiger partial charge on any atom is 0.245 e. The molecule has 1 heterocycles. The molecule has 1 rings (SSSR count). The zero-order valence-corrected chi connectivity index (χ0v) is 14.3. The second-order valence-electron chi connectivity index (χ2n) is 5.27. The van der Waals surface area contributed by atoms with Gasteiger partial charge in [-0.05, 0) is 11.8 Å². The number of carbonyl (C=O) groups excluding carboxylic acids is 2. The van der Waals surface area contributed by atoms with Crippen LogP contribution in [0.3, 0.4) is 0 Å². The van der Waals surface area contributed by atoms with Crippen LogP contribution in [0.4, 0.5) is 5.13 Å². The van der Waals surface area contributed by atoms with Crippen molar-refractivity contribution in [2.24, 2.45) is 11.7 Å². The summed E-state index contributed by atoms with van der Waals surface area (Å²) in [6.07, 6.45) is 0. The summed E-state index contributed by atoms with van der Waals surface area (Å²) >= 11 is 1.37. The van der Waals surface area contributed by atoms with E-state index in [1.54, 1.807) is 0 Å². The van der Waals surface area contributed by atoms with E-state index in [9.17, 15) is 9.59 Å². The number of hydrogen-bond donors (Lipinski definition) is 3. The Morgan fingerprint density at radius 2 is 1.95 bits per heavy atom. The summed E-state index contributed by atoms with van der Waals surface area (Å²) in [5.74, 6) is -0.276. The Morgan fingerprint density at radius 1 is 1.33 bits per heavy atom. The van der Waals surface area contributed by atoms with E-state index in [1.165, 1.54) is 11.3 Å². The normalized spacial score (nSPS) is 12.0. The first-order chi connectivity index (χ1) is 9.31. The van der Waals surface area contributed by atoms with Crippen LogP contribution in [0.15, 0.2) is 5.38 Å². The lowest BCUT2D eigenvalue weighted by atomic mass is 10.1. The molecule has 0 aliphatic carbocycles. The standard InChI is InChI=1S/C13H22N4O2S.ClH/c1-7(2)9-6-20-13(16-9)17-10(18)5-15-12(19)11(14)8(3)4;/h6-8,11H,5,14H2,1-4H3,(H,15,19)(H,16,17,18);1H/t11-;/m0./s1. The van der Waals surface area contributed by atoms with Gasteiger partial charge in [-0.25, -0.2) is 4.98 Å². The number of nitrogens with zero attached hydrogens (tertiary/aromatic N) is 1. The molecule has 8 heteroatoms. The lowest BCUT2D eigenvalue weighted by molar-refractivity contribution is -0.125. The van der Waals surface area contributed by atoms with Gasteiger partial charge in [-0.3, -0.25) is 9.59 Å². The number of anilines is 1. The quantitative estimate of drug-likeness (QED) is 0.738. The van der Waals surface area contributed by atoms with Crippen LogP contribution in [0.1, 0.15) is 39.3 Å². The second-order valence-corrected chi connectivity index (χ2v) is 6.13. The Labute approximate surface area is 135 Å². The van der Waals surface area contributed by atoms with Crippen molar-refractivity contribution in [2.75, 3.05) is 11.9 Å². The third-order valence-electron chi connectivity index (χ3n) is 2.80. The summed E-state index contributed by atoms with van der Waals surface area (Å²) in [7, 11) is 0. The zero-order chi connectivity index (χ0) is 15.3. The molecular formula is C13H23ClN4O2S.